The Hall–Kier alpha value is -0.580. The van der Waals surface area contributed by atoms with Gasteiger partial charge in [-0.1, -0.05) is 11.6 Å². The first-order chi connectivity index (χ1) is 6.68. The van der Waals surface area contributed by atoms with Crippen LogP contribution in [0.3, 0.4) is 0 Å². The molecule has 1 aliphatic heterocycles. The molecule has 1 aliphatic rings. The molecule has 2 rings (SSSR count). The first-order valence-electron chi connectivity index (χ1n) is 4.74. The molecule has 1 aromatic carbocycles. The van der Waals surface area contributed by atoms with Gasteiger partial charge in [0.05, 0.1) is 5.56 Å². The number of hydrogen-bond donors (Lipinski definition) is 0. The van der Waals surface area contributed by atoms with E-state index < -0.39 is 0 Å². The molecule has 14 heavy (non-hydrogen) atoms. The van der Waals surface area contributed by atoms with Crippen LogP contribution in [0.1, 0.15) is 22.3 Å². The molecule has 74 valence electrons. The topological polar surface area (TPSA) is 20.3 Å². The van der Waals surface area contributed by atoms with Gasteiger partial charge in [-0.3, -0.25) is 4.79 Å². The predicted octanol–water partition coefficient (Wildman–Crippen LogP) is 2.45. The maximum absolute atomic E-state index is 11.9. The number of rotatable bonds is 1. The van der Waals surface area contributed by atoms with Gasteiger partial charge in [0.15, 0.2) is 0 Å². The Bertz CT molecular complexity index is 372. The molecular weight excluding hydrogens is 289 g/mol. The fourth-order valence-electron chi connectivity index (χ4n) is 1.49. The summed E-state index contributed by atoms with van der Waals surface area (Å²) in [6, 6.07) is 6.01. The highest BCUT2D eigenvalue weighted by atomic mass is 127. The average molecular weight is 301 g/mol. The Balaban J connectivity index is 2.29. The minimum atomic E-state index is 0.185. The molecule has 0 aliphatic carbocycles. The minimum absolute atomic E-state index is 0.185. The Labute approximate surface area is 97.4 Å². The average Bonchev–Trinajstić information content (AvgIpc) is 2.06. The number of carbonyl (C=O) groups excluding carboxylic acids is 1. The second-order valence-corrected chi connectivity index (χ2v) is 4.79. The van der Waals surface area contributed by atoms with Gasteiger partial charge in [0.1, 0.15) is 0 Å². The zero-order valence-electron chi connectivity index (χ0n) is 8.09. The smallest absolute Gasteiger partial charge is 0.254 e. The Morgan fingerprint density at radius 1 is 1.43 bits per heavy atom. The fourth-order valence-corrected chi connectivity index (χ4v) is 2.06. The van der Waals surface area contributed by atoms with Crippen LogP contribution in [0.5, 0.6) is 0 Å². The maximum atomic E-state index is 11.9. The quantitative estimate of drug-likeness (QED) is 0.730. The zero-order chi connectivity index (χ0) is 10.1. The van der Waals surface area contributed by atoms with Crippen molar-refractivity contribution in [2.75, 3.05) is 13.1 Å². The lowest BCUT2D eigenvalue weighted by Gasteiger charge is -2.31. The molecule has 3 heteroatoms. The van der Waals surface area contributed by atoms with Crippen LogP contribution in [0.15, 0.2) is 18.2 Å². The van der Waals surface area contributed by atoms with Gasteiger partial charge in [0.2, 0.25) is 0 Å². The highest BCUT2D eigenvalue weighted by Crippen LogP contribution is 2.19. The monoisotopic (exact) mass is 301 g/mol. The number of carbonyl (C=O) groups is 1. The SMILES string of the molecule is Cc1ccc(I)c(C(=O)N2CCC2)c1. The summed E-state index contributed by atoms with van der Waals surface area (Å²) in [5, 5.41) is 0. The van der Waals surface area contributed by atoms with E-state index in [-0.39, 0.29) is 5.91 Å². The van der Waals surface area contributed by atoms with Crippen LogP contribution in [0.25, 0.3) is 0 Å². The van der Waals surface area contributed by atoms with E-state index in [1.165, 1.54) is 0 Å². The summed E-state index contributed by atoms with van der Waals surface area (Å²) >= 11 is 2.22. The molecule has 2 nitrogen and oxygen atoms in total. The standard InChI is InChI=1S/C11H12INO/c1-8-3-4-10(12)9(7-8)11(14)13-5-2-6-13/h3-4,7H,2,5-6H2,1H3. The molecule has 0 aromatic heterocycles. The summed E-state index contributed by atoms with van der Waals surface area (Å²) in [6.07, 6.45) is 1.15. The molecule has 0 N–H and O–H groups in total. The van der Waals surface area contributed by atoms with Crippen molar-refractivity contribution < 1.29 is 4.79 Å². The first-order valence-corrected chi connectivity index (χ1v) is 5.82. The molecule has 1 heterocycles. The molecule has 0 bridgehead atoms. The molecule has 1 saturated heterocycles. The van der Waals surface area contributed by atoms with Crippen LogP contribution in [-0.4, -0.2) is 23.9 Å². The number of halogens is 1. The van der Waals surface area contributed by atoms with Gasteiger partial charge in [-0.05, 0) is 48.1 Å². The second-order valence-electron chi connectivity index (χ2n) is 3.63. The summed E-state index contributed by atoms with van der Waals surface area (Å²) < 4.78 is 1.05. The highest BCUT2D eigenvalue weighted by Gasteiger charge is 2.22. The van der Waals surface area contributed by atoms with Gasteiger partial charge in [0, 0.05) is 16.7 Å². The summed E-state index contributed by atoms with van der Waals surface area (Å²) in [6.45, 7) is 3.86. The normalized spacial score (nSPS) is 15.1. The molecule has 0 radical (unpaired) electrons. The molecule has 1 fully saturated rings. The van der Waals surface area contributed by atoms with Crippen LogP contribution in [0, 0.1) is 10.5 Å². The van der Waals surface area contributed by atoms with Crippen LogP contribution in [0.2, 0.25) is 0 Å². The van der Waals surface area contributed by atoms with Crippen molar-refractivity contribution in [2.24, 2.45) is 0 Å². The third-order valence-corrected chi connectivity index (χ3v) is 3.44. The number of nitrogens with zero attached hydrogens (tertiary/aromatic N) is 1. The van der Waals surface area contributed by atoms with E-state index in [9.17, 15) is 4.79 Å². The van der Waals surface area contributed by atoms with Crippen molar-refractivity contribution in [3.8, 4) is 0 Å². The maximum Gasteiger partial charge on any atom is 0.254 e. The first kappa shape index (κ1) is 9.96. The summed E-state index contributed by atoms with van der Waals surface area (Å²) in [5.74, 6) is 0.185. The van der Waals surface area contributed by atoms with E-state index in [2.05, 4.69) is 22.6 Å². The van der Waals surface area contributed by atoms with Gasteiger partial charge < -0.3 is 4.90 Å². The third kappa shape index (κ3) is 1.78. The fraction of sp³-hybridized carbons (Fsp3) is 0.364. The van der Waals surface area contributed by atoms with Gasteiger partial charge in [-0.2, -0.15) is 0 Å². The van der Waals surface area contributed by atoms with Crippen LogP contribution in [-0.2, 0) is 0 Å². The number of hydrogen-bond acceptors (Lipinski definition) is 1. The molecule has 1 amide bonds. The van der Waals surface area contributed by atoms with E-state index >= 15 is 0 Å². The van der Waals surface area contributed by atoms with Crippen molar-refractivity contribution in [2.45, 2.75) is 13.3 Å². The van der Waals surface area contributed by atoms with Gasteiger partial charge in [-0.15, -0.1) is 0 Å². The van der Waals surface area contributed by atoms with Crippen LogP contribution in [0.4, 0.5) is 0 Å². The summed E-state index contributed by atoms with van der Waals surface area (Å²) in [7, 11) is 0. The Kier molecular flexibility index (Phi) is 2.76. The lowest BCUT2D eigenvalue weighted by atomic mass is 10.1. The van der Waals surface area contributed by atoms with Crippen LogP contribution < -0.4 is 0 Å². The molecule has 0 saturated carbocycles. The minimum Gasteiger partial charge on any atom is -0.338 e. The summed E-state index contributed by atoms with van der Waals surface area (Å²) in [4.78, 5) is 13.8. The molecule has 1 aromatic rings. The van der Waals surface area contributed by atoms with Crippen molar-refractivity contribution in [1.29, 1.82) is 0 Å². The van der Waals surface area contributed by atoms with Gasteiger partial charge in [0.25, 0.3) is 5.91 Å². The van der Waals surface area contributed by atoms with E-state index in [0.717, 1.165) is 34.2 Å². The van der Waals surface area contributed by atoms with E-state index in [0.29, 0.717) is 0 Å². The number of amides is 1. The number of aryl methyl sites for hydroxylation is 1. The van der Waals surface area contributed by atoms with Crippen molar-refractivity contribution in [3.05, 3.63) is 32.9 Å². The molecular formula is C11H12INO. The largest absolute Gasteiger partial charge is 0.338 e. The zero-order valence-corrected chi connectivity index (χ0v) is 10.2. The molecule has 0 unspecified atom stereocenters. The Morgan fingerprint density at radius 2 is 2.14 bits per heavy atom. The number of likely N-dealkylation sites (tertiary alicyclic amines) is 1. The van der Waals surface area contributed by atoms with Gasteiger partial charge in [-0.25, -0.2) is 0 Å². The van der Waals surface area contributed by atoms with E-state index in [1.54, 1.807) is 0 Å². The van der Waals surface area contributed by atoms with Crippen molar-refractivity contribution in [3.63, 3.8) is 0 Å². The predicted molar refractivity (Wildman–Crippen MR) is 64.4 cm³/mol. The van der Waals surface area contributed by atoms with Gasteiger partial charge >= 0.3 is 0 Å². The van der Waals surface area contributed by atoms with Crippen molar-refractivity contribution >= 4 is 28.5 Å². The van der Waals surface area contributed by atoms with Crippen molar-refractivity contribution in [1.82, 2.24) is 4.90 Å². The van der Waals surface area contributed by atoms with E-state index in [1.807, 2.05) is 30.0 Å². The lowest BCUT2D eigenvalue weighted by molar-refractivity contribution is 0.0650. The van der Waals surface area contributed by atoms with Crippen LogP contribution >= 0.6 is 22.6 Å². The number of benzene rings is 1. The third-order valence-electron chi connectivity index (χ3n) is 2.50. The lowest BCUT2D eigenvalue weighted by Crippen LogP contribution is -2.42. The Morgan fingerprint density at radius 3 is 2.71 bits per heavy atom. The highest BCUT2D eigenvalue weighted by molar-refractivity contribution is 14.1. The molecule has 0 atom stereocenters. The summed E-state index contributed by atoms with van der Waals surface area (Å²) in [5.41, 5.74) is 2.00. The van der Waals surface area contributed by atoms with E-state index in [4.69, 9.17) is 0 Å². The second kappa shape index (κ2) is 3.88. The molecule has 0 spiro atoms.